The molecule has 0 radical (unpaired) electrons. The van der Waals surface area contributed by atoms with E-state index in [1.807, 2.05) is 31.2 Å². The Labute approximate surface area is 116 Å². The molecule has 5 nitrogen and oxygen atoms in total. The molecule has 1 saturated heterocycles. The van der Waals surface area contributed by atoms with Gasteiger partial charge in [0.2, 0.25) is 5.91 Å². The monoisotopic (exact) mass is 269 g/mol. The van der Waals surface area contributed by atoms with Gasteiger partial charge in [0.05, 0.1) is 47.8 Å². The summed E-state index contributed by atoms with van der Waals surface area (Å²) in [5.41, 5.74) is 2.04. The fourth-order valence-corrected chi connectivity index (χ4v) is 2.93. The summed E-state index contributed by atoms with van der Waals surface area (Å²) in [6, 6.07) is 7.89. The van der Waals surface area contributed by atoms with Crippen LogP contribution in [0.1, 0.15) is 6.92 Å². The number of rotatable bonds is 0. The Morgan fingerprint density at radius 2 is 2.25 bits per heavy atom. The molecule has 2 aliphatic rings. The number of nitrogens with zero attached hydrogens (tertiary/aromatic N) is 1. The Kier molecular flexibility index (Phi) is 2.29. The Hall–Kier alpha value is -2.14. The normalized spacial score (nSPS) is 28.2. The summed E-state index contributed by atoms with van der Waals surface area (Å²) in [6.07, 6.45) is 1.72. The summed E-state index contributed by atoms with van der Waals surface area (Å²) in [5.74, 6) is -0.0108. The van der Waals surface area contributed by atoms with Gasteiger partial charge in [-0.3, -0.25) is 9.78 Å². The largest absolute Gasteiger partial charge is 0.378 e. The summed E-state index contributed by atoms with van der Waals surface area (Å²) < 4.78 is 5.51. The Morgan fingerprint density at radius 1 is 1.40 bits per heavy atom. The van der Waals surface area contributed by atoms with Crippen LogP contribution in [0.4, 0.5) is 11.4 Å². The van der Waals surface area contributed by atoms with Crippen LogP contribution in [0.5, 0.6) is 0 Å². The van der Waals surface area contributed by atoms with Crippen LogP contribution in [0.25, 0.3) is 10.9 Å². The molecular weight excluding hydrogens is 254 g/mol. The summed E-state index contributed by atoms with van der Waals surface area (Å²) in [4.78, 5) is 16.9. The first-order chi connectivity index (χ1) is 9.68. The molecule has 4 rings (SSSR count). The zero-order valence-electron chi connectivity index (χ0n) is 11.1. The SMILES string of the molecule is CC12COCC1Nc1c(cnc3ccccc13)NC2=O. The van der Waals surface area contributed by atoms with Crippen LogP contribution in [0.15, 0.2) is 30.5 Å². The minimum atomic E-state index is -0.542. The second-order valence-corrected chi connectivity index (χ2v) is 5.65. The van der Waals surface area contributed by atoms with Gasteiger partial charge in [0, 0.05) is 5.39 Å². The molecule has 1 aromatic carbocycles. The average Bonchev–Trinajstić information content (AvgIpc) is 2.79. The number of pyridine rings is 1. The molecule has 0 aliphatic carbocycles. The summed E-state index contributed by atoms with van der Waals surface area (Å²) in [6.45, 7) is 2.92. The van der Waals surface area contributed by atoms with Crippen LogP contribution in [-0.4, -0.2) is 30.1 Å². The van der Waals surface area contributed by atoms with Crippen molar-refractivity contribution in [2.45, 2.75) is 13.0 Å². The van der Waals surface area contributed by atoms with Crippen molar-refractivity contribution in [3.63, 3.8) is 0 Å². The summed E-state index contributed by atoms with van der Waals surface area (Å²) in [7, 11) is 0. The third-order valence-corrected chi connectivity index (χ3v) is 4.32. The van der Waals surface area contributed by atoms with Gasteiger partial charge in [-0.25, -0.2) is 0 Å². The van der Waals surface area contributed by atoms with E-state index in [9.17, 15) is 4.79 Å². The molecular formula is C15H15N3O2. The van der Waals surface area contributed by atoms with Gasteiger partial charge in [-0.05, 0) is 13.0 Å². The highest BCUT2D eigenvalue weighted by atomic mass is 16.5. The number of hydrogen-bond acceptors (Lipinski definition) is 4. The zero-order chi connectivity index (χ0) is 13.7. The molecule has 2 aromatic rings. The van der Waals surface area contributed by atoms with Gasteiger partial charge in [-0.1, -0.05) is 18.2 Å². The standard InChI is InChI=1S/C15H15N3O2/c1-15-8-20-7-12(15)18-13-9-4-2-3-5-10(9)16-6-11(13)17-14(15)19/h2-6,12,18H,7-8H2,1H3,(H,17,19). The van der Waals surface area contributed by atoms with E-state index in [4.69, 9.17) is 4.74 Å². The number of fused-ring (bicyclic) bond motifs is 4. The van der Waals surface area contributed by atoms with Crippen LogP contribution in [0.2, 0.25) is 0 Å². The predicted octanol–water partition coefficient (Wildman–Crippen LogP) is 2.00. The van der Waals surface area contributed by atoms with E-state index in [0.29, 0.717) is 13.2 Å². The van der Waals surface area contributed by atoms with Gasteiger partial charge >= 0.3 is 0 Å². The third-order valence-electron chi connectivity index (χ3n) is 4.32. The first-order valence-corrected chi connectivity index (χ1v) is 6.72. The topological polar surface area (TPSA) is 63.2 Å². The molecule has 0 spiro atoms. The molecule has 2 N–H and O–H groups in total. The number of nitrogens with one attached hydrogen (secondary N) is 2. The van der Waals surface area contributed by atoms with Crippen molar-refractivity contribution >= 4 is 28.2 Å². The Bertz CT molecular complexity index is 715. The van der Waals surface area contributed by atoms with Crippen molar-refractivity contribution in [3.05, 3.63) is 30.5 Å². The molecule has 3 heterocycles. The zero-order valence-corrected chi connectivity index (χ0v) is 11.1. The summed E-state index contributed by atoms with van der Waals surface area (Å²) >= 11 is 0. The molecule has 2 unspecified atom stereocenters. The number of benzene rings is 1. The first-order valence-electron chi connectivity index (χ1n) is 6.72. The van der Waals surface area contributed by atoms with Gasteiger partial charge in [-0.2, -0.15) is 0 Å². The molecule has 2 aliphatic heterocycles. The predicted molar refractivity (Wildman–Crippen MR) is 76.7 cm³/mol. The molecule has 102 valence electrons. The Balaban J connectivity index is 1.93. The molecule has 20 heavy (non-hydrogen) atoms. The quantitative estimate of drug-likeness (QED) is 0.768. The number of aromatic nitrogens is 1. The van der Waals surface area contributed by atoms with Gasteiger partial charge in [0.1, 0.15) is 0 Å². The molecule has 1 amide bonds. The van der Waals surface area contributed by atoms with Crippen molar-refractivity contribution in [1.82, 2.24) is 4.98 Å². The van der Waals surface area contributed by atoms with E-state index in [1.54, 1.807) is 6.20 Å². The van der Waals surface area contributed by atoms with E-state index in [2.05, 4.69) is 15.6 Å². The molecule has 0 saturated carbocycles. The van der Waals surface area contributed by atoms with Crippen molar-refractivity contribution in [3.8, 4) is 0 Å². The highest BCUT2D eigenvalue weighted by molar-refractivity contribution is 6.06. The number of carbonyl (C=O) groups is 1. The van der Waals surface area contributed by atoms with Gasteiger partial charge in [0.15, 0.2) is 0 Å². The lowest BCUT2D eigenvalue weighted by molar-refractivity contribution is -0.124. The maximum absolute atomic E-state index is 12.5. The van der Waals surface area contributed by atoms with Crippen LogP contribution < -0.4 is 10.6 Å². The van der Waals surface area contributed by atoms with E-state index in [0.717, 1.165) is 22.3 Å². The van der Waals surface area contributed by atoms with Crippen molar-refractivity contribution in [1.29, 1.82) is 0 Å². The minimum absolute atomic E-state index is 0.0108. The molecule has 1 fully saturated rings. The van der Waals surface area contributed by atoms with E-state index in [-0.39, 0.29) is 11.9 Å². The summed E-state index contributed by atoms with van der Waals surface area (Å²) in [5, 5.41) is 7.48. The fraction of sp³-hybridized carbons (Fsp3) is 0.333. The number of hydrogen-bond donors (Lipinski definition) is 2. The second kappa shape index (κ2) is 3.93. The first kappa shape index (κ1) is 11.7. The van der Waals surface area contributed by atoms with Gasteiger partial charge in [0.25, 0.3) is 0 Å². The molecule has 5 heteroatoms. The fourth-order valence-electron chi connectivity index (χ4n) is 2.93. The maximum Gasteiger partial charge on any atom is 0.234 e. The van der Waals surface area contributed by atoms with E-state index >= 15 is 0 Å². The number of para-hydroxylation sites is 1. The van der Waals surface area contributed by atoms with E-state index in [1.165, 1.54) is 0 Å². The average molecular weight is 269 g/mol. The Morgan fingerprint density at radius 3 is 3.15 bits per heavy atom. The molecule has 1 aromatic heterocycles. The van der Waals surface area contributed by atoms with E-state index < -0.39 is 5.41 Å². The van der Waals surface area contributed by atoms with Crippen molar-refractivity contribution in [2.24, 2.45) is 5.41 Å². The highest BCUT2D eigenvalue weighted by Crippen LogP contribution is 2.40. The van der Waals surface area contributed by atoms with Crippen LogP contribution in [0, 0.1) is 5.41 Å². The van der Waals surface area contributed by atoms with Gasteiger partial charge in [-0.15, -0.1) is 0 Å². The van der Waals surface area contributed by atoms with Crippen LogP contribution in [-0.2, 0) is 9.53 Å². The van der Waals surface area contributed by atoms with Crippen LogP contribution in [0.3, 0.4) is 0 Å². The van der Waals surface area contributed by atoms with Crippen molar-refractivity contribution in [2.75, 3.05) is 23.8 Å². The lowest BCUT2D eigenvalue weighted by atomic mass is 9.84. The minimum Gasteiger partial charge on any atom is -0.378 e. The molecule has 0 bridgehead atoms. The number of anilines is 2. The number of carbonyl (C=O) groups excluding carboxylic acids is 1. The highest BCUT2D eigenvalue weighted by Gasteiger charge is 2.48. The lowest BCUT2D eigenvalue weighted by Gasteiger charge is -2.25. The van der Waals surface area contributed by atoms with Crippen molar-refractivity contribution < 1.29 is 9.53 Å². The van der Waals surface area contributed by atoms with Crippen LogP contribution >= 0.6 is 0 Å². The molecule has 2 atom stereocenters. The maximum atomic E-state index is 12.5. The lowest BCUT2D eigenvalue weighted by Crippen LogP contribution is -2.44. The van der Waals surface area contributed by atoms with Gasteiger partial charge < -0.3 is 15.4 Å². The number of amides is 1. The second-order valence-electron chi connectivity index (χ2n) is 5.65. The smallest absolute Gasteiger partial charge is 0.234 e. The number of ether oxygens (including phenoxy) is 1. The third kappa shape index (κ3) is 1.47.